The maximum absolute atomic E-state index is 12.4. The van der Waals surface area contributed by atoms with Crippen LogP contribution in [0, 0.1) is 0 Å². The van der Waals surface area contributed by atoms with Crippen molar-refractivity contribution < 1.29 is 14.3 Å². The predicted molar refractivity (Wildman–Crippen MR) is 121 cm³/mol. The van der Waals surface area contributed by atoms with Crippen molar-refractivity contribution in [2.75, 3.05) is 17.2 Å². The van der Waals surface area contributed by atoms with Crippen molar-refractivity contribution in [3.8, 4) is 11.5 Å². The molecule has 0 bridgehead atoms. The minimum Gasteiger partial charge on any atom is -0.491 e. The Balaban J connectivity index is 1.54. The average molecular weight is 405 g/mol. The summed E-state index contributed by atoms with van der Waals surface area (Å²) in [5, 5.41) is 6.06. The molecular formula is C25H28N2O3. The van der Waals surface area contributed by atoms with Crippen molar-refractivity contribution in [1.29, 1.82) is 0 Å². The second-order valence-electron chi connectivity index (χ2n) is 7.04. The fourth-order valence-electron chi connectivity index (χ4n) is 2.82. The van der Waals surface area contributed by atoms with Crippen molar-refractivity contribution in [2.24, 2.45) is 0 Å². The second-order valence-corrected chi connectivity index (χ2v) is 7.04. The number of carbonyl (C=O) groups excluding carboxylic acids is 1. The molecule has 3 aromatic rings. The Labute approximate surface area is 178 Å². The number of hydrogen-bond donors (Lipinski definition) is 2. The van der Waals surface area contributed by atoms with Crippen LogP contribution in [0.3, 0.4) is 0 Å². The van der Waals surface area contributed by atoms with Gasteiger partial charge in [-0.3, -0.25) is 4.79 Å². The minimum atomic E-state index is -0.145. The van der Waals surface area contributed by atoms with Crippen molar-refractivity contribution >= 4 is 17.3 Å². The molecule has 0 aliphatic heterocycles. The normalized spacial score (nSPS) is 11.4. The summed E-state index contributed by atoms with van der Waals surface area (Å²) in [5.74, 6) is 1.31. The van der Waals surface area contributed by atoms with E-state index in [1.807, 2.05) is 85.8 Å². The minimum absolute atomic E-state index is 0.127. The molecule has 3 aromatic carbocycles. The van der Waals surface area contributed by atoms with Crippen LogP contribution in [0.4, 0.5) is 11.4 Å². The van der Waals surface area contributed by atoms with E-state index in [-0.39, 0.29) is 18.6 Å². The highest BCUT2D eigenvalue weighted by Gasteiger charge is 2.08. The highest BCUT2D eigenvalue weighted by Crippen LogP contribution is 2.25. The summed E-state index contributed by atoms with van der Waals surface area (Å²) < 4.78 is 11.7. The molecule has 2 N–H and O–H groups in total. The van der Waals surface area contributed by atoms with Gasteiger partial charge in [0.15, 0.2) is 0 Å². The molecule has 3 rings (SSSR count). The van der Waals surface area contributed by atoms with Gasteiger partial charge in [-0.25, -0.2) is 0 Å². The Bertz CT molecular complexity index is 944. The fourth-order valence-corrected chi connectivity index (χ4v) is 2.82. The van der Waals surface area contributed by atoms with E-state index in [2.05, 4.69) is 17.6 Å². The van der Waals surface area contributed by atoms with Gasteiger partial charge in [-0.05, 0) is 43.2 Å². The van der Waals surface area contributed by atoms with Crippen LogP contribution in [0.25, 0.3) is 0 Å². The van der Waals surface area contributed by atoms with E-state index in [1.165, 1.54) is 0 Å². The lowest BCUT2D eigenvalue weighted by molar-refractivity contribution is -0.114. The van der Waals surface area contributed by atoms with Gasteiger partial charge in [-0.2, -0.15) is 0 Å². The van der Waals surface area contributed by atoms with Gasteiger partial charge < -0.3 is 20.1 Å². The van der Waals surface area contributed by atoms with E-state index in [0.29, 0.717) is 18.0 Å². The topological polar surface area (TPSA) is 59.6 Å². The van der Waals surface area contributed by atoms with Crippen LogP contribution in [0.2, 0.25) is 0 Å². The van der Waals surface area contributed by atoms with Crippen molar-refractivity contribution in [3.05, 3.63) is 84.4 Å². The van der Waals surface area contributed by atoms with E-state index < -0.39 is 0 Å². The molecule has 30 heavy (non-hydrogen) atoms. The zero-order chi connectivity index (χ0) is 21.2. The number of para-hydroxylation sites is 2. The Kier molecular flexibility index (Phi) is 7.72. The lowest BCUT2D eigenvalue weighted by Gasteiger charge is -2.15. The van der Waals surface area contributed by atoms with Gasteiger partial charge in [0.2, 0.25) is 5.91 Å². The Morgan fingerprint density at radius 2 is 1.73 bits per heavy atom. The van der Waals surface area contributed by atoms with Gasteiger partial charge in [0, 0.05) is 11.8 Å². The molecule has 1 atom stereocenters. The zero-order valence-electron chi connectivity index (χ0n) is 17.4. The van der Waals surface area contributed by atoms with E-state index in [1.54, 1.807) is 0 Å². The van der Waals surface area contributed by atoms with Crippen LogP contribution < -0.4 is 20.1 Å². The Hall–Kier alpha value is -3.47. The highest BCUT2D eigenvalue weighted by molar-refractivity contribution is 5.94. The molecule has 0 aliphatic carbocycles. The summed E-state index contributed by atoms with van der Waals surface area (Å²) in [4.78, 5) is 12.4. The van der Waals surface area contributed by atoms with Crippen LogP contribution in [0.1, 0.15) is 25.8 Å². The van der Waals surface area contributed by atoms with Gasteiger partial charge in [0.1, 0.15) is 18.1 Å². The van der Waals surface area contributed by atoms with Gasteiger partial charge in [0.25, 0.3) is 0 Å². The van der Waals surface area contributed by atoms with Crippen molar-refractivity contribution in [2.45, 2.75) is 33.0 Å². The van der Waals surface area contributed by atoms with Gasteiger partial charge in [-0.1, -0.05) is 55.5 Å². The fraction of sp³-hybridized carbons (Fsp3) is 0.240. The molecule has 0 radical (unpaired) electrons. The zero-order valence-corrected chi connectivity index (χ0v) is 17.4. The first kappa shape index (κ1) is 21.2. The third kappa shape index (κ3) is 6.55. The number of ether oxygens (including phenoxy) is 2. The Morgan fingerprint density at radius 3 is 2.53 bits per heavy atom. The van der Waals surface area contributed by atoms with Crippen LogP contribution in [0.5, 0.6) is 11.5 Å². The lowest BCUT2D eigenvalue weighted by atomic mass is 10.2. The average Bonchev–Trinajstić information content (AvgIpc) is 2.77. The molecule has 0 aliphatic rings. The van der Waals surface area contributed by atoms with Gasteiger partial charge in [0.05, 0.1) is 18.3 Å². The summed E-state index contributed by atoms with van der Waals surface area (Å²) >= 11 is 0. The summed E-state index contributed by atoms with van der Waals surface area (Å²) in [6.45, 7) is 4.69. The quantitative estimate of drug-likeness (QED) is 0.469. The molecule has 0 fully saturated rings. The number of benzene rings is 3. The predicted octanol–water partition coefficient (Wildman–Crippen LogP) is 5.49. The molecule has 0 aromatic heterocycles. The van der Waals surface area contributed by atoms with E-state index >= 15 is 0 Å². The maximum Gasteiger partial charge on any atom is 0.243 e. The monoisotopic (exact) mass is 404 g/mol. The number of nitrogens with one attached hydrogen (secondary N) is 2. The Morgan fingerprint density at radius 1 is 0.967 bits per heavy atom. The summed E-state index contributed by atoms with van der Waals surface area (Å²) in [5.41, 5.74) is 2.57. The molecule has 5 heteroatoms. The smallest absolute Gasteiger partial charge is 0.243 e. The number of hydrogen-bond acceptors (Lipinski definition) is 4. The molecule has 5 nitrogen and oxygen atoms in total. The maximum atomic E-state index is 12.4. The van der Waals surface area contributed by atoms with Crippen LogP contribution in [-0.4, -0.2) is 18.6 Å². The number of anilines is 2. The first-order chi connectivity index (χ1) is 14.6. The number of amides is 1. The lowest BCUT2D eigenvalue weighted by Crippen LogP contribution is -2.22. The summed E-state index contributed by atoms with van der Waals surface area (Å²) in [6, 6.07) is 25.0. The van der Waals surface area contributed by atoms with E-state index in [9.17, 15) is 4.79 Å². The van der Waals surface area contributed by atoms with Crippen LogP contribution >= 0.6 is 0 Å². The van der Waals surface area contributed by atoms with E-state index in [0.717, 1.165) is 23.4 Å². The first-order valence-electron chi connectivity index (χ1n) is 10.2. The van der Waals surface area contributed by atoms with Gasteiger partial charge >= 0.3 is 0 Å². The van der Waals surface area contributed by atoms with Crippen LogP contribution in [0.15, 0.2) is 78.9 Å². The van der Waals surface area contributed by atoms with Gasteiger partial charge in [-0.15, -0.1) is 0 Å². The number of carbonyl (C=O) groups is 1. The molecule has 0 saturated carbocycles. The van der Waals surface area contributed by atoms with E-state index in [4.69, 9.17) is 9.47 Å². The third-order valence-electron chi connectivity index (χ3n) is 4.59. The molecular weight excluding hydrogens is 376 g/mol. The molecule has 1 unspecified atom stereocenters. The van der Waals surface area contributed by atoms with Crippen molar-refractivity contribution in [3.63, 3.8) is 0 Å². The molecule has 156 valence electrons. The molecule has 0 spiro atoms. The largest absolute Gasteiger partial charge is 0.491 e. The SMILES string of the molecule is CCC(C)Oc1cccc(NC(=O)CNc2ccccc2OCc2ccccc2)c1. The summed E-state index contributed by atoms with van der Waals surface area (Å²) in [6.07, 6.45) is 1.05. The summed E-state index contributed by atoms with van der Waals surface area (Å²) in [7, 11) is 0. The number of rotatable bonds is 10. The van der Waals surface area contributed by atoms with Crippen LogP contribution in [-0.2, 0) is 11.4 Å². The standard InChI is InChI=1S/C25H28N2O3/c1-3-19(2)30-22-13-9-12-21(16-22)27-25(28)17-26-23-14-7-8-15-24(23)29-18-20-10-5-4-6-11-20/h4-16,19,26H,3,17-18H2,1-2H3,(H,27,28). The highest BCUT2D eigenvalue weighted by atomic mass is 16.5. The molecule has 0 heterocycles. The first-order valence-corrected chi connectivity index (χ1v) is 10.2. The van der Waals surface area contributed by atoms with Crippen molar-refractivity contribution in [1.82, 2.24) is 0 Å². The molecule has 0 saturated heterocycles. The molecule has 1 amide bonds. The third-order valence-corrected chi connectivity index (χ3v) is 4.59. The second kappa shape index (κ2) is 10.9.